The molecule has 1 aliphatic heterocycles. The van der Waals surface area contributed by atoms with Gasteiger partial charge in [-0.2, -0.15) is 0 Å². The lowest BCUT2D eigenvalue weighted by molar-refractivity contribution is -0.139. The lowest BCUT2D eigenvalue weighted by atomic mass is 10.2. The molecule has 2 aromatic heterocycles. The van der Waals surface area contributed by atoms with E-state index in [4.69, 9.17) is 9.84 Å². The van der Waals surface area contributed by atoms with E-state index in [1.807, 2.05) is 16.3 Å². The van der Waals surface area contributed by atoms with Crippen molar-refractivity contribution < 1.29 is 19.4 Å². The summed E-state index contributed by atoms with van der Waals surface area (Å²) in [5, 5.41) is 14.5. The van der Waals surface area contributed by atoms with Gasteiger partial charge in [0.25, 0.3) is 0 Å². The van der Waals surface area contributed by atoms with Gasteiger partial charge < -0.3 is 20.1 Å². The minimum Gasteiger partial charge on any atom is -0.482 e. The zero-order valence-corrected chi connectivity index (χ0v) is 15.7. The maximum Gasteiger partial charge on any atom is 0.341 e. The molecule has 144 valence electrons. The fourth-order valence-electron chi connectivity index (χ4n) is 3.30. The Morgan fingerprint density at radius 3 is 2.86 bits per heavy atom. The average Bonchev–Trinajstić information content (AvgIpc) is 3.36. The molecule has 8 nitrogen and oxygen atoms in total. The van der Waals surface area contributed by atoms with Gasteiger partial charge in [-0.15, -0.1) is 11.3 Å². The number of hydrogen-bond acceptors (Lipinski definition) is 7. The van der Waals surface area contributed by atoms with Gasteiger partial charge in [-0.3, -0.25) is 4.79 Å². The smallest absolute Gasteiger partial charge is 0.341 e. The summed E-state index contributed by atoms with van der Waals surface area (Å²) in [6.45, 7) is 0.362. The fourth-order valence-corrected chi connectivity index (χ4v) is 4.03. The monoisotopic (exact) mass is 398 g/mol. The molecule has 0 spiro atoms. The first-order valence-corrected chi connectivity index (χ1v) is 9.70. The summed E-state index contributed by atoms with van der Waals surface area (Å²) in [6, 6.07) is 8.32. The summed E-state index contributed by atoms with van der Waals surface area (Å²) in [7, 11) is 0. The second kappa shape index (κ2) is 7.81. The summed E-state index contributed by atoms with van der Waals surface area (Å²) in [6.07, 6.45) is 3.20. The summed E-state index contributed by atoms with van der Waals surface area (Å²) in [4.78, 5) is 35.1. The number of aromatic nitrogens is 2. The van der Waals surface area contributed by atoms with Gasteiger partial charge in [0.15, 0.2) is 6.61 Å². The van der Waals surface area contributed by atoms with E-state index in [1.54, 1.807) is 35.6 Å². The maximum absolute atomic E-state index is 12.9. The Morgan fingerprint density at radius 2 is 2.07 bits per heavy atom. The topological polar surface area (TPSA) is 105 Å². The Bertz CT molecular complexity index is 1000. The number of nitrogens with zero attached hydrogens (tertiary/aromatic N) is 3. The molecule has 3 heterocycles. The van der Waals surface area contributed by atoms with E-state index in [9.17, 15) is 9.59 Å². The average molecular weight is 398 g/mol. The van der Waals surface area contributed by atoms with Gasteiger partial charge in [0.05, 0.1) is 5.39 Å². The van der Waals surface area contributed by atoms with E-state index >= 15 is 0 Å². The van der Waals surface area contributed by atoms with E-state index in [0.29, 0.717) is 11.4 Å². The number of carboxylic acid groups (broad SMARTS) is 1. The van der Waals surface area contributed by atoms with Crippen LogP contribution in [0.3, 0.4) is 0 Å². The van der Waals surface area contributed by atoms with E-state index in [-0.39, 0.29) is 11.9 Å². The van der Waals surface area contributed by atoms with Crippen LogP contribution in [0.5, 0.6) is 5.75 Å². The molecule has 3 aromatic rings. The van der Waals surface area contributed by atoms with Crippen LogP contribution >= 0.6 is 11.3 Å². The second-order valence-electron chi connectivity index (χ2n) is 6.38. The Kier molecular flexibility index (Phi) is 5.07. The normalized spacial score (nSPS) is 16.3. The number of rotatable bonds is 6. The van der Waals surface area contributed by atoms with Crippen LogP contribution in [0.25, 0.3) is 10.2 Å². The standard InChI is InChI=1S/C19H18N4O4S/c24-16(25)10-27-13-5-3-12(4-6-13)22-18(26)15-2-1-8-23(15)17-14-7-9-28-19(14)21-11-20-17/h3-7,9,11,15H,1-2,8,10H2,(H,22,26)(H,24,25). The predicted octanol–water partition coefficient (Wildman–Crippen LogP) is 2.76. The van der Waals surface area contributed by atoms with Crippen molar-refractivity contribution in [1.82, 2.24) is 9.97 Å². The first kappa shape index (κ1) is 18.2. The summed E-state index contributed by atoms with van der Waals surface area (Å²) in [5.74, 6) is 0.0897. The third-order valence-electron chi connectivity index (χ3n) is 4.55. The van der Waals surface area contributed by atoms with Crippen LogP contribution in [0, 0.1) is 0 Å². The van der Waals surface area contributed by atoms with Crippen molar-refractivity contribution in [3.8, 4) is 5.75 Å². The summed E-state index contributed by atoms with van der Waals surface area (Å²) >= 11 is 1.55. The quantitative estimate of drug-likeness (QED) is 0.658. The van der Waals surface area contributed by atoms with E-state index in [0.717, 1.165) is 35.4 Å². The number of hydrogen-bond donors (Lipinski definition) is 2. The van der Waals surface area contributed by atoms with Crippen molar-refractivity contribution in [2.75, 3.05) is 23.4 Å². The van der Waals surface area contributed by atoms with Crippen molar-refractivity contribution in [1.29, 1.82) is 0 Å². The van der Waals surface area contributed by atoms with Crippen molar-refractivity contribution in [3.63, 3.8) is 0 Å². The van der Waals surface area contributed by atoms with Crippen molar-refractivity contribution >= 4 is 44.9 Å². The number of ether oxygens (including phenoxy) is 1. The molecule has 1 unspecified atom stereocenters. The minimum atomic E-state index is -1.04. The Morgan fingerprint density at radius 1 is 1.25 bits per heavy atom. The minimum absolute atomic E-state index is 0.0984. The lowest BCUT2D eigenvalue weighted by Crippen LogP contribution is -2.40. The van der Waals surface area contributed by atoms with Crippen LogP contribution in [0.2, 0.25) is 0 Å². The Labute approximate surface area is 164 Å². The number of fused-ring (bicyclic) bond motifs is 1. The molecule has 0 saturated carbocycles. The predicted molar refractivity (Wildman–Crippen MR) is 106 cm³/mol. The number of nitrogens with one attached hydrogen (secondary N) is 1. The molecule has 28 heavy (non-hydrogen) atoms. The van der Waals surface area contributed by atoms with Gasteiger partial charge >= 0.3 is 5.97 Å². The second-order valence-corrected chi connectivity index (χ2v) is 7.28. The van der Waals surface area contributed by atoms with Crippen LogP contribution in [0.1, 0.15) is 12.8 Å². The number of benzene rings is 1. The highest BCUT2D eigenvalue weighted by atomic mass is 32.1. The molecule has 1 saturated heterocycles. The molecule has 1 aromatic carbocycles. The maximum atomic E-state index is 12.9. The molecule has 1 aliphatic rings. The highest BCUT2D eigenvalue weighted by Gasteiger charge is 2.32. The number of aliphatic carboxylic acids is 1. The van der Waals surface area contributed by atoms with Crippen LogP contribution in [0.4, 0.5) is 11.5 Å². The van der Waals surface area contributed by atoms with Gasteiger partial charge in [0.2, 0.25) is 5.91 Å². The van der Waals surface area contributed by atoms with Gasteiger partial charge in [-0.25, -0.2) is 14.8 Å². The largest absolute Gasteiger partial charge is 0.482 e. The number of carboxylic acids is 1. The van der Waals surface area contributed by atoms with Gasteiger partial charge in [-0.1, -0.05) is 0 Å². The number of carbonyl (C=O) groups excluding carboxylic acids is 1. The highest BCUT2D eigenvalue weighted by Crippen LogP contribution is 2.32. The lowest BCUT2D eigenvalue weighted by Gasteiger charge is -2.25. The Hall–Kier alpha value is -3.20. The Balaban J connectivity index is 1.47. The number of carbonyl (C=O) groups is 2. The van der Waals surface area contributed by atoms with Crippen LogP contribution in [-0.4, -0.2) is 46.1 Å². The zero-order chi connectivity index (χ0) is 19.5. The van der Waals surface area contributed by atoms with Gasteiger partial charge in [-0.05, 0) is 48.6 Å². The van der Waals surface area contributed by atoms with Crippen molar-refractivity contribution in [2.24, 2.45) is 0 Å². The van der Waals surface area contributed by atoms with Crippen molar-refractivity contribution in [3.05, 3.63) is 42.0 Å². The molecule has 1 atom stereocenters. The zero-order valence-electron chi connectivity index (χ0n) is 14.9. The molecule has 9 heteroatoms. The van der Waals surface area contributed by atoms with E-state index < -0.39 is 12.6 Å². The molecule has 0 aliphatic carbocycles. The molecular formula is C19H18N4O4S. The third kappa shape index (κ3) is 3.74. The first-order valence-electron chi connectivity index (χ1n) is 8.82. The number of thiophene rings is 1. The fraction of sp³-hybridized carbons (Fsp3) is 0.263. The molecule has 0 bridgehead atoms. The summed E-state index contributed by atoms with van der Waals surface area (Å²) < 4.78 is 5.10. The van der Waals surface area contributed by atoms with Crippen LogP contribution in [-0.2, 0) is 9.59 Å². The van der Waals surface area contributed by atoms with E-state index in [1.165, 1.54) is 6.33 Å². The molecule has 1 amide bonds. The molecule has 2 N–H and O–H groups in total. The van der Waals surface area contributed by atoms with Gasteiger partial charge in [0, 0.05) is 12.2 Å². The third-order valence-corrected chi connectivity index (χ3v) is 5.37. The summed E-state index contributed by atoms with van der Waals surface area (Å²) in [5.41, 5.74) is 0.628. The van der Waals surface area contributed by atoms with E-state index in [2.05, 4.69) is 15.3 Å². The SMILES string of the molecule is O=C(O)COc1ccc(NC(=O)C2CCCN2c2ncnc3sccc23)cc1. The molecule has 0 radical (unpaired) electrons. The molecule has 1 fully saturated rings. The number of amides is 1. The number of anilines is 2. The first-order chi connectivity index (χ1) is 13.6. The molecular weight excluding hydrogens is 380 g/mol. The molecule has 4 rings (SSSR count). The van der Waals surface area contributed by atoms with Crippen LogP contribution < -0.4 is 15.0 Å². The van der Waals surface area contributed by atoms with Crippen molar-refractivity contribution in [2.45, 2.75) is 18.9 Å². The van der Waals surface area contributed by atoms with Crippen LogP contribution in [0.15, 0.2) is 42.0 Å². The van der Waals surface area contributed by atoms with Gasteiger partial charge in [0.1, 0.15) is 28.8 Å². The highest BCUT2D eigenvalue weighted by molar-refractivity contribution is 7.16.